The van der Waals surface area contributed by atoms with Gasteiger partial charge in [0.15, 0.2) is 0 Å². The molecule has 1 saturated carbocycles. The summed E-state index contributed by atoms with van der Waals surface area (Å²) in [5, 5.41) is 12.6. The van der Waals surface area contributed by atoms with Gasteiger partial charge in [-0.1, -0.05) is 26.0 Å². The second kappa shape index (κ2) is 8.18. The molecule has 0 unspecified atom stereocenters. The summed E-state index contributed by atoms with van der Waals surface area (Å²) in [6.07, 6.45) is 3.45. The lowest BCUT2D eigenvalue weighted by Crippen LogP contribution is -2.29. The van der Waals surface area contributed by atoms with Crippen LogP contribution in [0.25, 0.3) is 0 Å². The summed E-state index contributed by atoms with van der Waals surface area (Å²) in [5.41, 5.74) is 2.48. The minimum absolute atomic E-state index is 0.144. The van der Waals surface area contributed by atoms with Crippen molar-refractivity contribution in [1.29, 1.82) is 0 Å². The molecule has 1 aromatic carbocycles. The smallest absolute Gasteiger partial charge is 0.306 e. The summed E-state index contributed by atoms with van der Waals surface area (Å²) in [6, 6.07) is 9.06. The quantitative estimate of drug-likeness (QED) is 0.808. The monoisotopic (exact) mass is 304 g/mol. The van der Waals surface area contributed by atoms with E-state index in [0.29, 0.717) is 6.04 Å². The molecule has 0 spiro atoms. The van der Waals surface area contributed by atoms with E-state index >= 15 is 0 Å². The lowest BCUT2D eigenvalue weighted by molar-refractivity contribution is -0.142. The van der Waals surface area contributed by atoms with E-state index < -0.39 is 5.97 Å². The first-order chi connectivity index (χ1) is 10.6. The van der Waals surface area contributed by atoms with Gasteiger partial charge in [0.25, 0.3) is 0 Å². The number of carboxylic acids is 1. The highest BCUT2D eigenvalue weighted by molar-refractivity contribution is 5.70. The fourth-order valence-corrected chi connectivity index (χ4v) is 3.13. The van der Waals surface area contributed by atoms with Gasteiger partial charge in [0.2, 0.25) is 0 Å². The van der Waals surface area contributed by atoms with Crippen LogP contribution >= 0.6 is 0 Å². The molecule has 1 aliphatic carbocycles. The molecule has 2 rings (SSSR count). The minimum Gasteiger partial charge on any atom is -0.481 e. The molecule has 0 atom stereocenters. The Morgan fingerprint density at radius 2 is 1.73 bits per heavy atom. The Morgan fingerprint density at radius 3 is 2.23 bits per heavy atom. The van der Waals surface area contributed by atoms with Gasteiger partial charge < -0.3 is 10.4 Å². The molecule has 4 heteroatoms. The molecule has 0 saturated heterocycles. The highest BCUT2D eigenvalue weighted by Crippen LogP contribution is 2.26. The van der Waals surface area contributed by atoms with Crippen molar-refractivity contribution in [2.45, 2.75) is 52.1 Å². The Hall–Kier alpha value is -1.55. The molecule has 0 bridgehead atoms. The van der Waals surface area contributed by atoms with Crippen LogP contribution in [0.2, 0.25) is 0 Å². The topological polar surface area (TPSA) is 52.6 Å². The van der Waals surface area contributed by atoms with E-state index in [1.54, 1.807) is 0 Å². The van der Waals surface area contributed by atoms with Gasteiger partial charge in [-0.05, 0) is 56.5 Å². The third-order valence-corrected chi connectivity index (χ3v) is 4.70. The summed E-state index contributed by atoms with van der Waals surface area (Å²) in [5.74, 6) is -0.784. The third-order valence-electron chi connectivity index (χ3n) is 4.70. The van der Waals surface area contributed by atoms with Crippen molar-refractivity contribution in [3.63, 3.8) is 0 Å². The number of nitrogens with one attached hydrogen (secondary N) is 1. The molecule has 0 radical (unpaired) electrons. The van der Waals surface area contributed by atoms with E-state index in [1.165, 1.54) is 5.56 Å². The number of nitrogens with zero attached hydrogens (tertiary/aromatic N) is 1. The number of hydrogen-bond donors (Lipinski definition) is 2. The molecule has 0 amide bonds. The average Bonchev–Trinajstić information content (AvgIpc) is 2.54. The first-order valence-corrected chi connectivity index (χ1v) is 8.43. The predicted octanol–water partition coefficient (Wildman–Crippen LogP) is 3.58. The maximum Gasteiger partial charge on any atom is 0.306 e. The number of benzene rings is 1. The first-order valence-electron chi connectivity index (χ1n) is 8.43. The van der Waals surface area contributed by atoms with Crippen LogP contribution in [-0.4, -0.2) is 35.1 Å². The van der Waals surface area contributed by atoms with Crippen molar-refractivity contribution in [1.82, 2.24) is 4.90 Å². The zero-order valence-electron chi connectivity index (χ0n) is 13.7. The van der Waals surface area contributed by atoms with Gasteiger partial charge in [0, 0.05) is 18.3 Å². The Bertz CT molecular complexity index is 460. The van der Waals surface area contributed by atoms with Crippen LogP contribution in [-0.2, 0) is 11.3 Å². The van der Waals surface area contributed by atoms with E-state index in [9.17, 15) is 4.79 Å². The first kappa shape index (κ1) is 16.8. The van der Waals surface area contributed by atoms with Crippen molar-refractivity contribution in [3.8, 4) is 0 Å². The Balaban J connectivity index is 1.83. The molecular weight excluding hydrogens is 276 g/mol. The van der Waals surface area contributed by atoms with Crippen LogP contribution in [0, 0.1) is 5.92 Å². The zero-order chi connectivity index (χ0) is 15.9. The number of carboxylic acid groups (broad SMARTS) is 1. The largest absolute Gasteiger partial charge is 0.481 e. The summed E-state index contributed by atoms with van der Waals surface area (Å²) in [6.45, 7) is 7.52. The van der Waals surface area contributed by atoms with Gasteiger partial charge >= 0.3 is 5.97 Å². The third kappa shape index (κ3) is 4.73. The fourth-order valence-electron chi connectivity index (χ4n) is 3.13. The lowest BCUT2D eigenvalue weighted by Gasteiger charge is -2.27. The standard InChI is InChI=1S/C18H28N2O2/c1-3-20(4-2)13-14-5-9-16(10-6-14)19-17-11-7-15(8-12-17)18(21)22/h5-6,9-10,15,17,19H,3-4,7-8,11-13H2,1-2H3,(H,21,22). The van der Waals surface area contributed by atoms with Gasteiger partial charge in [-0.25, -0.2) is 0 Å². The van der Waals surface area contributed by atoms with Crippen LogP contribution < -0.4 is 5.32 Å². The molecule has 4 nitrogen and oxygen atoms in total. The molecule has 122 valence electrons. The summed E-state index contributed by atoms with van der Waals surface area (Å²) in [4.78, 5) is 13.4. The second-order valence-corrected chi connectivity index (χ2v) is 6.19. The number of carbonyl (C=O) groups is 1. The molecule has 1 fully saturated rings. The molecule has 0 heterocycles. The Labute approximate surface area is 133 Å². The zero-order valence-corrected chi connectivity index (χ0v) is 13.7. The van der Waals surface area contributed by atoms with Gasteiger partial charge in [-0.2, -0.15) is 0 Å². The van der Waals surface area contributed by atoms with E-state index in [1.807, 2.05) is 0 Å². The fraction of sp³-hybridized carbons (Fsp3) is 0.611. The number of hydrogen-bond acceptors (Lipinski definition) is 3. The van der Waals surface area contributed by atoms with Crippen LogP contribution in [0.3, 0.4) is 0 Å². The summed E-state index contributed by atoms with van der Waals surface area (Å²) >= 11 is 0. The summed E-state index contributed by atoms with van der Waals surface area (Å²) < 4.78 is 0. The molecule has 0 aromatic heterocycles. The van der Waals surface area contributed by atoms with Crippen molar-refractivity contribution in [2.24, 2.45) is 5.92 Å². The van der Waals surface area contributed by atoms with E-state index in [0.717, 1.165) is 51.0 Å². The normalized spacial score (nSPS) is 21.8. The molecule has 0 aliphatic heterocycles. The van der Waals surface area contributed by atoms with E-state index in [-0.39, 0.29) is 5.92 Å². The highest BCUT2D eigenvalue weighted by Gasteiger charge is 2.25. The van der Waals surface area contributed by atoms with E-state index in [2.05, 4.69) is 48.3 Å². The average molecular weight is 304 g/mol. The SMILES string of the molecule is CCN(CC)Cc1ccc(NC2CCC(C(=O)O)CC2)cc1. The molecular formula is C18H28N2O2. The summed E-state index contributed by atoms with van der Waals surface area (Å²) in [7, 11) is 0. The van der Waals surface area contributed by atoms with Gasteiger partial charge in [0.05, 0.1) is 5.92 Å². The molecule has 1 aromatic rings. The predicted molar refractivity (Wildman–Crippen MR) is 90.1 cm³/mol. The van der Waals surface area contributed by atoms with E-state index in [4.69, 9.17) is 5.11 Å². The molecule has 22 heavy (non-hydrogen) atoms. The van der Waals surface area contributed by atoms with Crippen molar-refractivity contribution >= 4 is 11.7 Å². The Morgan fingerprint density at radius 1 is 1.14 bits per heavy atom. The van der Waals surface area contributed by atoms with Crippen molar-refractivity contribution < 1.29 is 9.90 Å². The Kier molecular flexibility index (Phi) is 6.25. The van der Waals surface area contributed by atoms with Crippen LogP contribution in [0.1, 0.15) is 45.1 Å². The second-order valence-electron chi connectivity index (χ2n) is 6.19. The maximum absolute atomic E-state index is 11.0. The van der Waals surface area contributed by atoms with Crippen molar-refractivity contribution in [3.05, 3.63) is 29.8 Å². The number of aliphatic carboxylic acids is 1. The number of rotatable bonds is 7. The molecule has 1 aliphatic rings. The van der Waals surface area contributed by atoms with Gasteiger partial charge in [0.1, 0.15) is 0 Å². The lowest BCUT2D eigenvalue weighted by atomic mass is 9.86. The number of anilines is 1. The maximum atomic E-state index is 11.0. The van der Waals surface area contributed by atoms with Gasteiger partial charge in [-0.15, -0.1) is 0 Å². The van der Waals surface area contributed by atoms with Crippen LogP contribution in [0.5, 0.6) is 0 Å². The van der Waals surface area contributed by atoms with Crippen LogP contribution in [0.4, 0.5) is 5.69 Å². The van der Waals surface area contributed by atoms with Gasteiger partial charge in [-0.3, -0.25) is 9.69 Å². The van der Waals surface area contributed by atoms with Crippen molar-refractivity contribution in [2.75, 3.05) is 18.4 Å². The highest BCUT2D eigenvalue weighted by atomic mass is 16.4. The van der Waals surface area contributed by atoms with Crippen LogP contribution in [0.15, 0.2) is 24.3 Å². The molecule has 2 N–H and O–H groups in total. The minimum atomic E-state index is -0.640.